The summed E-state index contributed by atoms with van der Waals surface area (Å²) < 4.78 is 8.73. The third kappa shape index (κ3) is 58.6. The third-order valence-electron chi connectivity index (χ3n) is 0.998. The Morgan fingerprint density at radius 2 is 1.33 bits per heavy atom. The van der Waals surface area contributed by atoms with Gasteiger partial charge in [-0.1, -0.05) is 0 Å². The van der Waals surface area contributed by atoms with Crippen LogP contribution >= 0.6 is 25.7 Å². The first-order chi connectivity index (χ1) is 10.3. The molecular formula is C8H25Cl3In4O12. The van der Waals surface area contributed by atoms with Crippen LogP contribution in [0.3, 0.4) is 0 Å². The molecule has 19 heteroatoms. The van der Waals surface area contributed by atoms with Crippen molar-refractivity contribution < 1.29 is 57.2 Å². The van der Waals surface area contributed by atoms with E-state index in [1.165, 1.54) is 6.92 Å². The molecule has 0 saturated carbocycles. The summed E-state index contributed by atoms with van der Waals surface area (Å²) in [5.74, 6) is -1.46. The molecule has 0 spiro atoms. The average Bonchev–Trinajstić information content (AvgIpc) is 2.44. The fraction of sp³-hybridized carbons (Fsp3) is 0.750. The van der Waals surface area contributed by atoms with Gasteiger partial charge in [0.15, 0.2) is 0 Å². The van der Waals surface area contributed by atoms with Gasteiger partial charge in [-0.05, 0) is 0 Å². The van der Waals surface area contributed by atoms with Crippen molar-refractivity contribution in [3.63, 3.8) is 0 Å². The molecule has 27 heavy (non-hydrogen) atoms. The monoisotopic (exact) mass is 878 g/mol. The van der Waals surface area contributed by atoms with Gasteiger partial charge in [-0.3, -0.25) is 0 Å². The summed E-state index contributed by atoms with van der Waals surface area (Å²) in [5.41, 5.74) is 0. The molecule has 0 aliphatic rings. The van der Waals surface area contributed by atoms with Gasteiger partial charge in [0.05, 0.1) is 0 Å². The largest absolute Gasteiger partial charge is 0 e. The molecule has 0 atom stereocenters. The van der Waals surface area contributed by atoms with Crippen molar-refractivity contribution in [1.29, 1.82) is 0 Å². The molecule has 0 aliphatic heterocycles. The Bertz CT molecular complexity index is 257. The first-order valence-corrected chi connectivity index (χ1v) is 22.1. The maximum atomic E-state index is 5.02. The second-order valence-electron chi connectivity index (χ2n) is 2.66. The van der Waals surface area contributed by atoms with Crippen LogP contribution in [-0.2, 0) is 35.3 Å². The van der Waals surface area contributed by atoms with Gasteiger partial charge in [0.25, 0.3) is 0 Å². The smallest absolute Gasteiger partial charge is 0 e. The Labute approximate surface area is 225 Å². The molecule has 0 saturated heterocycles. The fourth-order valence-electron chi connectivity index (χ4n) is 0.559. The van der Waals surface area contributed by atoms with Crippen LogP contribution in [0.4, 0.5) is 0 Å². The molecular weight excluding hydrogens is 854 g/mol. The topological polar surface area (TPSA) is 200 Å². The molecule has 0 bridgehead atoms. The Hall–Kier alpha value is 3.27. The minimum Gasteiger partial charge on any atom is 0 e. The summed E-state index contributed by atoms with van der Waals surface area (Å²) >= 11 is -1.95. The number of halogens is 3. The fourth-order valence-corrected chi connectivity index (χ4v) is 1.62. The molecule has 0 aliphatic carbocycles. The molecule has 0 fully saturated rings. The van der Waals surface area contributed by atoms with E-state index in [0.717, 1.165) is 0 Å². The van der Waals surface area contributed by atoms with Gasteiger partial charge in [0.1, 0.15) is 0 Å². The van der Waals surface area contributed by atoms with E-state index in [1.54, 1.807) is 13.8 Å². The van der Waals surface area contributed by atoms with Crippen LogP contribution in [0.2, 0.25) is 0 Å². The molecule has 0 heterocycles. The predicted molar refractivity (Wildman–Crippen MR) is 106 cm³/mol. The number of rotatable bonds is 9. The Morgan fingerprint density at radius 3 is 1.48 bits per heavy atom. The molecule has 0 unspecified atom stereocenters. The van der Waals surface area contributed by atoms with Crippen molar-refractivity contribution in [2.24, 2.45) is 0 Å². The minimum atomic E-state index is -2.22. The van der Waals surface area contributed by atoms with Crippen molar-refractivity contribution in [3.8, 4) is 12.5 Å². The molecule has 12 nitrogen and oxygen atoms in total. The van der Waals surface area contributed by atoms with E-state index in [9.17, 15) is 0 Å². The molecule has 8 N–H and O–H groups in total. The van der Waals surface area contributed by atoms with Crippen LogP contribution in [0.1, 0.15) is 20.8 Å². The van der Waals surface area contributed by atoms with E-state index in [1.807, 2.05) is 6.11 Å². The number of hydrogen-bond acceptors (Lipinski definition) is 8. The van der Waals surface area contributed by atoms with Crippen molar-refractivity contribution >= 4 is 119 Å². The molecule has 162 valence electrons. The van der Waals surface area contributed by atoms with E-state index in [4.69, 9.17) is 40.4 Å². The Morgan fingerprint density at radius 1 is 1.00 bits per heavy atom. The van der Waals surface area contributed by atoms with Gasteiger partial charge in [0, 0.05) is 25.8 Å². The van der Waals surface area contributed by atoms with E-state index in [2.05, 4.69) is 27.1 Å². The summed E-state index contributed by atoms with van der Waals surface area (Å²) in [5, 5.41) is 0. The Balaban J connectivity index is -0.0000000370. The van der Waals surface area contributed by atoms with Crippen LogP contribution in [-0.4, -0.2) is 134 Å². The number of terminal acetylenes is 1. The molecule has 0 rings (SSSR count). The summed E-state index contributed by atoms with van der Waals surface area (Å²) in [6.45, 7) is 5.77. The molecule has 4 radical (unpaired) electrons. The first-order valence-electron chi connectivity index (χ1n) is 5.61. The first kappa shape index (κ1) is 52.3. The Kier molecular flexibility index (Phi) is 83.7. The van der Waals surface area contributed by atoms with Gasteiger partial charge in [-0.2, -0.15) is 0 Å². The van der Waals surface area contributed by atoms with Crippen molar-refractivity contribution in [1.82, 2.24) is 0 Å². The summed E-state index contributed by atoms with van der Waals surface area (Å²) in [7, 11) is 15.0. The van der Waals surface area contributed by atoms with Gasteiger partial charge in [-0.25, -0.2) is 0 Å². The van der Waals surface area contributed by atoms with Gasteiger partial charge < -0.3 is 21.9 Å². The van der Waals surface area contributed by atoms with Crippen LogP contribution in [0.25, 0.3) is 0 Å². The summed E-state index contributed by atoms with van der Waals surface area (Å²) in [6.07, 6.45) is 6.41. The summed E-state index contributed by atoms with van der Waals surface area (Å²) in [4.78, 5) is 27.5. The molecule has 0 aromatic heterocycles. The van der Waals surface area contributed by atoms with Crippen molar-refractivity contribution in [2.45, 2.75) is 26.7 Å². The zero-order chi connectivity index (χ0) is 17.9. The predicted octanol–water partition coefficient (Wildman–Crippen LogP) is -2.56. The van der Waals surface area contributed by atoms with Crippen LogP contribution in [0.15, 0.2) is 0 Å². The SMILES string of the molecule is C#CO[O][InH].CCOOC(C)(O[O][InH2])OOCC.O.O.O.O.[Cl][In]([Cl])[Cl].[In]. The quantitative estimate of drug-likeness (QED) is 0.104. The normalized spacial score (nSPS) is 7.74. The van der Waals surface area contributed by atoms with Gasteiger partial charge in [-0.15, -0.1) is 0 Å². The average molecular weight is 879 g/mol. The number of hydrogen-bond donors (Lipinski definition) is 0. The van der Waals surface area contributed by atoms with Crippen LogP contribution in [0.5, 0.6) is 0 Å². The zero-order valence-corrected chi connectivity index (χ0v) is 33.9. The van der Waals surface area contributed by atoms with E-state index >= 15 is 0 Å². The molecule has 0 aromatic carbocycles. The molecule has 0 aromatic rings. The second-order valence-corrected chi connectivity index (χ2v) is 19.0. The van der Waals surface area contributed by atoms with E-state index in [-0.39, 0.29) is 72.6 Å². The van der Waals surface area contributed by atoms with E-state index < -0.39 is 23.9 Å². The molecule has 0 amide bonds. The maximum absolute atomic E-state index is 5.02. The summed E-state index contributed by atoms with van der Waals surface area (Å²) in [6, 6.07) is 0. The zero-order valence-electron chi connectivity index (χ0n) is 15.3. The van der Waals surface area contributed by atoms with Crippen molar-refractivity contribution in [2.75, 3.05) is 13.2 Å². The van der Waals surface area contributed by atoms with E-state index in [0.29, 0.717) is 38.0 Å². The second kappa shape index (κ2) is 43.2. The van der Waals surface area contributed by atoms with Crippen LogP contribution < -0.4 is 0 Å². The minimum absolute atomic E-state index is 0. The maximum Gasteiger partial charge on any atom is 0 e. The van der Waals surface area contributed by atoms with Crippen LogP contribution in [0, 0.1) is 12.5 Å². The van der Waals surface area contributed by atoms with Crippen molar-refractivity contribution in [3.05, 3.63) is 0 Å². The standard InChI is InChI=1S/C6H14O6.C2H2O2.3ClH.4In.4H2O.3H/c1-4-8-11-6(3,10-7)12-9-5-2;1-2-4-3;;;;;;;;;;;;;;/h7H,4-5H2,1-3H3;1,3H;3*1H;;;;;4*1H2;;;/q;;;;;;2*+1;+3;;;;;;;/p-5. The van der Waals surface area contributed by atoms with Gasteiger partial charge >= 0.3 is 181 Å². The third-order valence-corrected chi connectivity index (χ3v) is 1.81. The van der Waals surface area contributed by atoms with Gasteiger partial charge in [0.2, 0.25) is 0 Å².